The van der Waals surface area contributed by atoms with E-state index >= 15 is 0 Å². The van der Waals surface area contributed by atoms with E-state index in [1.165, 1.54) is 30.4 Å². The van der Waals surface area contributed by atoms with Gasteiger partial charge in [0.1, 0.15) is 0 Å². The Morgan fingerprint density at radius 2 is 1.83 bits per heavy atom. The smallest absolute Gasteiger partial charge is 0.0715 e. The van der Waals surface area contributed by atoms with E-state index in [0.717, 1.165) is 11.6 Å². The molecule has 1 N–H and O–H groups in total. The number of fused-ring (bicyclic) bond motifs is 7. The number of carboxylic acids is 1. The van der Waals surface area contributed by atoms with Crippen molar-refractivity contribution in [3.05, 3.63) is 65.2 Å². The van der Waals surface area contributed by atoms with Crippen molar-refractivity contribution in [3.8, 4) is 0 Å². The van der Waals surface area contributed by atoms with Gasteiger partial charge in [-0.2, -0.15) is 0 Å². The molecule has 0 aromatic heterocycles. The molecule has 1 heterocycles. The number of carboxylic acid groups (broad SMARTS) is 1. The van der Waals surface area contributed by atoms with Crippen LogP contribution in [0.15, 0.2) is 48.5 Å². The molecule has 1 aliphatic heterocycles. The summed E-state index contributed by atoms with van der Waals surface area (Å²) in [6.07, 6.45) is 3.88. The van der Waals surface area contributed by atoms with Crippen LogP contribution < -0.4 is 10.4 Å². The van der Waals surface area contributed by atoms with E-state index in [2.05, 4.69) is 35.6 Å². The first-order chi connectivity index (χ1) is 11.7. The summed E-state index contributed by atoms with van der Waals surface area (Å²) in [6.45, 7) is 0. The molecular weight excluding hydrogens is 298 g/mol. The van der Waals surface area contributed by atoms with Crippen LogP contribution in [-0.2, 0) is 0 Å². The molecule has 5 rings (SSSR count). The molecule has 2 bridgehead atoms. The Kier molecular flexibility index (Phi) is 2.99. The van der Waals surface area contributed by atoms with E-state index in [1.807, 2.05) is 12.1 Å². The van der Waals surface area contributed by atoms with Crippen LogP contribution in [0.5, 0.6) is 0 Å². The molecule has 2 saturated carbocycles. The number of hydrogen-bond acceptors (Lipinski definition) is 3. The normalized spacial score (nSPS) is 32.8. The fourth-order valence-electron chi connectivity index (χ4n) is 5.60. The Morgan fingerprint density at radius 1 is 1.04 bits per heavy atom. The summed E-state index contributed by atoms with van der Waals surface area (Å²) < 4.78 is 0. The van der Waals surface area contributed by atoms with Crippen LogP contribution in [0.25, 0.3) is 0 Å². The first kappa shape index (κ1) is 14.1. The van der Waals surface area contributed by atoms with E-state index in [4.69, 9.17) is 0 Å². The number of anilines is 1. The van der Waals surface area contributed by atoms with E-state index in [-0.39, 0.29) is 0 Å². The lowest BCUT2D eigenvalue weighted by Gasteiger charge is -2.43. The maximum atomic E-state index is 11.3. The van der Waals surface area contributed by atoms with Crippen molar-refractivity contribution in [1.82, 2.24) is 0 Å². The third-order valence-corrected chi connectivity index (χ3v) is 6.48. The SMILES string of the molecule is O=C([O-])c1ccc2c(c1)[C@H]1[C@H]3CC[C@@H](C3)[C@@H]1[C@H](c1ccccc1)N2. The number of benzene rings is 2. The zero-order chi connectivity index (χ0) is 16.3. The van der Waals surface area contributed by atoms with Gasteiger partial charge in [0.15, 0.2) is 0 Å². The van der Waals surface area contributed by atoms with Gasteiger partial charge in [0.2, 0.25) is 0 Å². The monoisotopic (exact) mass is 318 g/mol. The highest BCUT2D eigenvalue weighted by Crippen LogP contribution is 2.63. The van der Waals surface area contributed by atoms with Crippen molar-refractivity contribution in [2.24, 2.45) is 17.8 Å². The lowest BCUT2D eigenvalue weighted by Crippen LogP contribution is -2.35. The minimum absolute atomic E-state index is 0.301. The molecule has 0 unspecified atom stereocenters. The van der Waals surface area contributed by atoms with Gasteiger partial charge in [-0.15, -0.1) is 0 Å². The molecule has 3 nitrogen and oxygen atoms in total. The maximum Gasteiger partial charge on any atom is 0.0715 e. The highest BCUT2D eigenvalue weighted by Gasteiger charge is 2.53. The minimum atomic E-state index is -1.08. The molecule has 3 heteroatoms. The largest absolute Gasteiger partial charge is 0.545 e. The van der Waals surface area contributed by atoms with Crippen molar-refractivity contribution in [1.29, 1.82) is 0 Å². The van der Waals surface area contributed by atoms with E-state index < -0.39 is 5.97 Å². The van der Waals surface area contributed by atoms with Crippen LogP contribution in [0.1, 0.15) is 52.7 Å². The lowest BCUT2D eigenvalue weighted by molar-refractivity contribution is -0.255. The summed E-state index contributed by atoms with van der Waals surface area (Å²) >= 11 is 0. The van der Waals surface area contributed by atoms with Crippen LogP contribution in [0.2, 0.25) is 0 Å². The van der Waals surface area contributed by atoms with E-state index in [0.29, 0.717) is 29.4 Å². The molecule has 122 valence electrons. The summed E-state index contributed by atoms with van der Waals surface area (Å²) in [5.74, 6) is 1.41. The highest BCUT2D eigenvalue weighted by molar-refractivity contribution is 5.87. The first-order valence-electron chi connectivity index (χ1n) is 8.89. The van der Waals surface area contributed by atoms with Crippen LogP contribution in [0.4, 0.5) is 5.69 Å². The van der Waals surface area contributed by atoms with Crippen molar-refractivity contribution in [2.45, 2.75) is 31.2 Å². The van der Waals surface area contributed by atoms with Crippen LogP contribution in [0, 0.1) is 17.8 Å². The molecule has 0 spiro atoms. The van der Waals surface area contributed by atoms with Crippen molar-refractivity contribution in [3.63, 3.8) is 0 Å². The Bertz CT molecular complexity index is 801. The van der Waals surface area contributed by atoms with Gasteiger partial charge in [0.05, 0.1) is 12.0 Å². The van der Waals surface area contributed by atoms with E-state index in [9.17, 15) is 9.90 Å². The molecule has 0 saturated heterocycles. The Balaban J connectivity index is 1.64. The molecule has 2 aromatic rings. The van der Waals surface area contributed by atoms with Gasteiger partial charge in [-0.1, -0.05) is 36.4 Å². The van der Waals surface area contributed by atoms with Crippen LogP contribution >= 0.6 is 0 Å². The Morgan fingerprint density at radius 3 is 2.62 bits per heavy atom. The fraction of sp³-hybridized carbons (Fsp3) is 0.381. The lowest BCUT2D eigenvalue weighted by atomic mass is 9.68. The second-order valence-electron chi connectivity index (χ2n) is 7.56. The molecule has 0 amide bonds. The van der Waals surface area contributed by atoms with Gasteiger partial charge in [0, 0.05) is 5.69 Å². The Hall–Kier alpha value is -2.29. The van der Waals surface area contributed by atoms with Gasteiger partial charge in [-0.25, -0.2) is 0 Å². The van der Waals surface area contributed by atoms with Crippen molar-refractivity contribution in [2.75, 3.05) is 5.32 Å². The number of rotatable bonds is 2. The van der Waals surface area contributed by atoms with Crippen LogP contribution in [-0.4, -0.2) is 5.97 Å². The number of nitrogens with one attached hydrogen (secondary N) is 1. The zero-order valence-corrected chi connectivity index (χ0v) is 13.4. The summed E-state index contributed by atoms with van der Waals surface area (Å²) in [7, 11) is 0. The standard InChI is InChI=1S/C21H21NO2/c23-21(24)15-8-9-17-16(11-15)18-13-6-7-14(10-13)19(18)20(22-17)12-4-2-1-3-5-12/h1-5,8-9,11,13-14,18-20,22H,6-7,10H2,(H,23,24)/p-1/t13-,14-,18+,19-,20-/m0/s1. The van der Waals surface area contributed by atoms with Crippen molar-refractivity contribution >= 4 is 11.7 Å². The van der Waals surface area contributed by atoms with Gasteiger partial charge in [-0.3, -0.25) is 0 Å². The van der Waals surface area contributed by atoms with Gasteiger partial charge >= 0.3 is 0 Å². The number of carbonyl (C=O) groups is 1. The minimum Gasteiger partial charge on any atom is -0.545 e. The van der Waals surface area contributed by atoms with Crippen molar-refractivity contribution < 1.29 is 9.90 Å². The molecule has 24 heavy (non-hydrogen) atoms. The third-order valence-electron chi connectivity index (χ3n) is 6.48. The predicted octanol–water partition coefficient (Wildman–Crippen LogP) is 3.35. The molecule has 0 radical (unpaired) electrons. The average Bonchev–Trinajstić information content (AvgIpc) is 3.23. The molecular formula is C21H20NO2-. The van der Waals surface area contributed by atoms with E-state index in [1.54, 1.807) is 6.07 Å². The highest BCUT2D eigenvalue weighted by atomic mass is 16.4. The fourth-order valence-corrected chi connectivity index (χ4v) is 5.60. The molecule has 2 aromatic carbocycles. The number of hydrogen-bond donors (Lipinski definition) is 1. The van der Waals surface area contributed by atoms with Gasteiger partial charge in [0.25, 0.3) is 0 Å². The maximum absolute atomic E-state index is 11.3. The molecule has 3 aliphatic rings. The van der Waals surface area contributed by atoms with Gasteiger partial charge < -0.3 is 15.2 Å². The topological polar surface area (TPSA) is 52.2 Å². The van der Waals surface area contributed by atoms with Gasteiger partial charge in [-0.05, 0) is 71.8 Å². The zero-order valence-electron chi connectivity index (χ0n) is 13.4. The average molecular weight is 318 g/mol. The summed E-state index contributed by atoms with van der Waals surface area (Å²) in [5.41, 5.74) is 3.94. The second-order valence-corrected chi connectivity index (χ2v) is 7.56. The third kappa shape index (κ3) is 1.94. The van der Waals surface area contributed by atoms with Crippen LogP contribution in [0.3, 0.4) is 0 Å². The number of carbonyl (C=O) groups excluding carboxylic acids is 1. The Labute approximate surface area is 141 Å². The quantitative estimate of drug-likeness (QED) is 0.924. The number of aromatic carboxylic acids is 1. The second kappa shape index (κ2) is 5.10. The first-order valence-corrected chi connectivity index (χ1v) is 8.89. The summed E-state index contributed by atoms with van der Waals surface area (Å²) in [6, 6.07) is 16.5. The predicted molar refractivity (Wildman–Crippen MR) is 90.6 cm³/mol. The summed E-state index contributed by atoms with van der Waals surface area (Å²) in [5, 5.41) is 15.0. The summed E-state index contributed by atoms with van der Waals surface area (Å²) in [4.78, 5) is 11.3. The molecule has 2 aliphatic carbocycles. The molecule has 5 atom stereocenters. The molecule has 2 fully saturated rings.